The summed E-state index contributed by atoms with van der Waals surface area (Å²) in [6.07, 6.45) is -3.35. The maximum Gasteiger partial charge on any atom is 0.455 e. The zero-order valence-corrected chi connectivity index (χ0v) is 25.4. The molecule has 0 saturated carbocycles. The molecule has 3 heterocycles. The van der Waals surface area contributed by atoms with Crippen molar-refractivity contribution in [2.24, 2.45) is 0 Å². The maximum atomic E-state index is 13.7. The van der Waals surface area contributed by atoms with Crippen LogP contribution in [0.4, 0.5) is 27.6 Å². The first-order valence-electron chi connectivity index (χ1n) is 11.8. The van der Waals surface area contributed by atoms with E-state index < -0.39 is 64.4 Å². The van der Waals surface area contributed by atoms with Gasteiger partial charge in [0.1, 0.15) is 33.5 Å². The van der Waals surface area contributed by atoms with E-state index in [1.807, 2.05) is 0 Å². The van der Waals surface area contributed by atoms with Crippen LogP contribution in [0, 0.1) is 0 Å². The van der Waals surface area contributed by atoms with E-state index in [0.717, 1.165) is 11.8 Å². The maximum absolute atomic E-state index is 13.7. The van der Waals surface area contributed by atoms with Crippen LogP contribution in [0.2, 0.25) is 0 Å². The first-order chi connectivity index (χ1) is 20.5. The Kier molecular flexibility index (Phi) is 9.38. The Bertz CT molecular complexity index is 1790. The number of carboxylic acid groups (broad SMARTS) is 2. The number of aromatic nitrogens is 1. The molecule has 2 aliphatic rings. The number of anilines is 1. The number of rotatable bonds is 9. The molecule has 0 unspecified atom stereocenters. The molecule has 11 nitrogen and oxygen atoms in total. The lowest BCUT2D eigenvalue weighted by molar-refractivity contribution is -0.282. The zero-order valence-electron chi connectivity index (χ0n) is 22.1. The molecular weight excluding hydrogens is 682 g/mol. The third-order valence-electron chi connectivity index (χ3n) is 5.92. The number of benzene rings is 1. The molecule has 2 aliphatic heterocycles. The SMILES string of the molecule is COc1cc2c(cc1OC)N(CC(=O)O)C(=CC=c1sc(=C3SC(=S)N(CC(F)(F)C(F)(F)F)C3=O)n(CC(=O)O)c1=O)S2. The number of halogens is 5. The number of aliphatic carboxylic acids is 2. The molecule has 2 N–H and O–H groups in total. The molecule has 1 saturated heterocycles. The van der Waals surface area contributed by atoms with E-state index in [9.17, 15) is 51.3 Å². The Morgan fingerprint density at radius 1 is 0.955 bits per heavy atom. The number of methoxy groups -OCH3 is 2. The highest BCUT2D eigenvalue weighted by Gasteiger charge is 2.59. The number of thioether (sulfide) groups is 2. The Hall–Kier alpha value is -3.62. The van der Waals surface area contributed by atoms with E-state index in [1.165, 1.54) is 31.3 Å². The summed E-state index contributed by atoms with van der Waals surface area (Å²) in [6.45, 7) is -3.56. The van der Waals surface area contributed by atoms with Crippen molar-refractivity contribution in [3.05, 3.63) is 42.8 Å². The second-order valence-electron chi connectivity index (χ2n) is 8.78. The number of hydrogen-bond donors (Lipinski definition) is 2. The molecule has 0 radical (unpaired) electrons. The number of alkyl halides is 5. The fourth-order valence-corrected chi connectivity index (χ4v) is 7.46. The largest absolute Gasteiger partial charge is 0.493 e. The highest BCUT2D eigenvalue weighted by atomic mass is 32.2. The van der Waals surface area contributed by atoms with Gasteiger partial charge in [0, 0.05) is 17.0 Å². The van der Waals surface area contributed by atoms with Crippen LogP contribution in [0.5, 0.6) is 11.5 Å². The summed E-state index contributed by atoms with van der Waals surface area (Å²) in [5.74, 6) is -8.65. The van der Waals surface area contributed by atoms with Gasteiger partial charge in [-0.15, -0.1) is 11.3 Å². The third-order valence-corrected chi connectivity index (χ3v) is 9.75. The Morgan fingerprint density at radius 3 is 2.14 bits per heavy atom. The summed E-state index contributed by atoms with van der Waals surface area (Å²) in [6, 6.07) is 3.18. The first-order valence-corrected chi connectivity index (χ1v) is 14.6. The second-order valence-corrected chi connectivity index (χ2v) is 12.5. The van der Waals surface area contributed by atoms with Crippen LogP contribution in [-0.2, 0) is 20.9 Å². The normalized spacial score (nSPS) is 18.0. The van der Waals surface area contributed by atoms with E-state index in [1.54, 1.807) is 12.1 Å². The van der Waals surface area contributed by atoms with Gasteiger partial charge in [-0.2, -0.15) is 22.0 Å². The minimum absolute atomic E-state index is 0.0439. The van der Waals surface area contributed by atoms with E-state index in [-0.39, 0.29) is 14.1 Å². The third kappa shape index (κ3) is 6.42. The molecule has 1 aromatic carbocycles. The van der Waals surface area contributed by atoms with Crippen LogP contribution in [-0.4, -0.2) is 81.3 Å². The number of amides is 1. The molecular formula is C24H18F5N3O8S4. The van der Waals surface area contributed by atoms with Crippen molar-refractivity contribution in [2.45, 2.75) is 23.5 Å². The highest BCUT2D eigenvalue weighted by molar-refractivity contribution is 8.30. The monoisotopic (exact) mass is 699 g/mol. The second kappa shape index (κ2) is 12.4. The molecule has 0 spiro atoms. The standard InChI is InChI=1S/C24H18F5N3O8S4/c1-39-11-5-10-14(6-12(11)40-2)42-15(30(10)7-16(33)34)4-3-13-19(37)31(8-17(35)36)21(43-13)18-20(38)32(22(41)44-18)9-23(25,26)24(27,28)29/h3-6H,7-9H2,1-2H3,(H,33,34)(H,35,36). The number of hydrogen-bond acceptors (Lipinski definition) is 11. The number of carbonyl (C=O) groups is 3. The summed E-state index contributed by atoms with van der Waals surface area (Å²) in [7, 11) is 2.81. The summed E-state index contributed by atoms with van der Waals surface area (Å²) >= 11 is 6.91. The zero-order chi connectivity index (χ0) is 32.7. The van der Waals surface area contributed by atoms with Crippen molar-refractivity contribution in [2.75, 3.05) is 32.2 Å². The van der Waals surface area contributed by atoms with Crippen molar-refractivity contribution >= 4 is 85.9 Å². The number of allylic oxidation sites excluding steroid dienone is 1. The highest BCUT2D eigenvalue weighted by Crippen LogP contribution is 2.50. The molecule has 1 aromatic heterocycles. The fourth-order valence-electron chi connectivity index (χ4n) is 3.93. The summed E-state index contributed by atoms with van der Waals surface area (Å²) < 4.78 is 75.9. The minimum Gasteiger partial charge on any atom is -0.493 e. The van der Waals surface area contributed by atoms with Crippen LogP contribution in [0.1, 0.15) is 0 Å². The molecule has 44 heavy (non-hydrogen) atoms. The van der Waals surface area contributed by atoms with Gasteiger partial charge in [0.15, 0.2) is 11.5 Å². The van der Waals surface area contributed by atoms with Crippen molar-refractivity contribution in [1.29, 1.82) is 0 Å². The van der Waals surface area contributed by atoms with Crippen molar-refractivity contribution in [3.8, 4) is 11.5 Å². The number of thiocarbonyl (C=S) groups is 1. The van der Waals surface area contributed by atoms with Gasteiger partial charge in [-0.3, -0.25) is 28.6 Å². The van der Waals surface area contributed by atoms with Crippen molar-refractivity contribution in [1.82, 2.24) is 9.47 Å². The molecule has 0 aliphatic carbocycles. The van der Waals surface area contributed by atoms with Gasteiger partial charge in [0.2, 0.25) is 0 Å². The minimum atomic E-state index is -5.97. The predicted octanol–water partition coefficient (Wildman–Crippen LogP) is 2.50. The summed E-state index contributed by atoms with van der Waals surface area (Å²) in [5.41, 5.74) is -0.457. The van der Waals surface area contributed by atoms with Crippen LogP contribution < -0.4 is 29.1 Å². The van der Waals surface area contributed by atoms with Crippen molar-refractivity contribution in [3.63, 3.8) is 0 Å². The topological polar surface area (TPSA) is 139 Å². The summed E-state index contributed by atoms with van der Waals surface area (Å²) in [5, 5.41) is 19.2. The smallest absolute Gasteiger partial charge is 0.455 e. The molecule has 2 aromatic rings. The van der Waals surface area contributed by atoms with Crippen LogP contribution in [0.25, 0.3) is 11.0 Å². The van der Waals surface area contributed by atoms with E-state index in [2.05, 4.69) is 0 Å². The van der Waals surface area contributed by atoms with E-state index in [0.29, 0.717) is 54.8 Å². The fraction of sp³-hybridized carbons (Fsp3) is 0.292. The lowest BCUT2D eigenvalue weighted by atomic mass is 10.2. The molecule has 0 bridgehead atoms. The van der Waals surface area contributed by atoms with E-state index in [4.69, 9.17) is 21.7 Å². The molecule has 4 rings (SSSR count). The van der Waals surface area contributed by atoms with Gasteiger partial charge in [-0.1, -0.05) is 35.7 Å². The number of nitrogens with zero attached hydrogens (tertiary/aromatic N) is 3. The Morgan fingerprint density at radius 2 is 1.57 bits per heavy atom. The number of fused-ring (bicyclic) bond motifs is 1. The molecule has 0 atom stereocenters. The van der Waals surface area contributed by atoms with E-state index >= 15 is 0 Å². The average Bonchev–Trinajstić information content (AvgIpc) is 3.51. The van der Waals surface area contributed by atoms with Crippen LogP contribution >= 0.6 is 47.1 Å². The van der Waals surface area contributed by atoms with Gasteiger partial charge in [-0.25, -0.2) is 0 Å². The average molecular weight is 700 g/mol. The van der Waals surface area contributed by atoms with Crippen molar-refractivity contribution < 1.29 is 56.0 Å². The van der Waals surface area contributed by atoms with Gasteiger partial charge >= 0.3 is 24.0 Å². The number of ether oxygens (including phenoxy) is 2. The molecule has 20 heteroatoms. The van der Waals surface area contributed by atoms with Gasteiger partial charge < -0.3 is 24.6 Å². The lowest BCUT2D eigenvalue weighted by Crippen LogP contribution is -2.48. The van der Waals surface area contributed by atoms with Gasteiger partial charge in [0.25, 0.3) is 11.5 Å². The molecule has 236 valence electrons. The van der Waals surface area contributed by atoms with Crippen LogP contribution in [0.15, 0.2) is 32.9 Å². The van der Waals surface area contributed by atoms with Crippen LogP contribution in [0.3, 0.4) is 0 Å². The van der Waals surface area contributed by atoms with Gasteiger partial charge in [-0.05, 0) is 12.2 Å². The summed E-state index contributed by atoms with van der Waals surface area (Å²) in [4.78, 5) is 50.8. The number of thiazole rings is 1. The van der Waals surface area contributed by atoms with Gasteiger partial charge in [0.05, 0.1) is 29.5 Å². The number of carboxylic acids is 2. The molecule has 1 amide bonds. The number of carbonyl (C=O) groups excluding carboxylic acids is 1. The quantitative estimate of drug-likeness (QED) is 0.294. The predicted molar refractivity (Wildman–Crippen MR) is 155 cm³/mol. The lowest BCUT2D eigenvalue weighted by Gasteiger charge is -2.24. The Labute approximate surface area is 260 Å². The molecule has 1 fully saturated rings. The first kappa shape index (κ1) is 33.3. The Balaban J connectivity index is 1.83.